The summed E-state index contributed by atoms with van der Waals surface area (Å²) >= 11 is 0. The summed E-state index contributed by atoms with van der Waals surface area (Å²) in [4.78, 5) is 0. The van der Waals surface area contributed by atoms with Crippen molar-refractivity contribution in [2.24, 2.45) is 134 Å². The summed E-state index contributed by atoms with van der Waals surface area (Å²) in [5.41, 5.74) is 6.43. The van der Waals surface area contributed by atoms with E-state index in [-0.39, 0.29) is 34.6 Å². The van der Waals surface area contributed by atoms with Crippen molar-refractivity contribution in [1.29, 1.82) is 0 Å². The van der Waals surface area contributed by atoms with E-state index in [0.29, 0.717) is 119 Å². The van der Waals surface area contributed by atoms with Crippen LogP contribution in [0.4, 0.5) is 0 Å². The molecular weight excluding hydrogens is 1070 g/mol. The van der Waals surface area contributed by atoms with Gasteiger partial charge in [0.25, 0.3) is 0 Å². The van der Waals surface area contributed by atoms with Crippen molar-refractivity contribution in [2.45, 2.75) is 313 Å². The molecule has 87 heavy (non-hydrogen) atoms. The molecule has 0 aliphatic heterocycles. The molecule has 498 valence electrons. The lowest BCUT2D eigenvalue weighted by Gasteiger charge is -2.63. The third-order valence-electron chi connectivity index (χ3n) is 37.6. The van der Waals surface area contributed by atoms with Gasteiger partial charge in [0.05, 0.1) is 18.3 Å². The van der Waals surface area contributed by atoms with Crippen LogP contribution in [-0.4, -0.2) is 112 Å². The predicted molar refractivity (Wildman–Crippen MR) is 359 cm³/mol. The highest BCUT2D eigenvalue weighted by atomic mass is 16.3. The topological polar surface area (TPSA) is 133 Å². The van der Waals surface area contributed by atoms with Crippen LogP contribution in [0.15, 0.2) is 0 Å². The predicted octanol–water partition coefficient (Wildman–Crippen LogP) is 13.8. The molecule has 15 rings (SSSR count). The molecule has 9 heteroatoms. The van der Waals surface area contributed by atoms with Gasteiger partial charge in [-0.15, -0.1) is 0 Å². The molecule has 6 spiro atoms. The Morgan fingerprint density at radius 3 is 0.724 bits per heavy atom. The Hall–Kier alpha value is -0.360. The molecule has 0 saturated heterocycles. The fourth-order valence-corrected chi connectivity index (χ4v) is 33.2. The number of hydrogen-bond acceptors (Lipinski definition) is 9. The van der Waals surface area contributed by atoms with E-state index in [2.05, 4.69) is 178 Å². The van der Waals surface area contributed by atoms with Crippen molar-refractivity contribution in [3.8, 4) is 0 Å². The summed E-state index contributed by atoms with van der Waals surface area (Å²) in [7, 11) is 12.7. The van der Waals surface area contributed by atoms with Crippen LogP contribution in [0.3, 0.4) is 0 Å². The number of nitrogens with one attached hydrogen (secondary N) is 6. The Bertz CT molecular complexity index is 2350. The Morgan fingerprint density at radius 1 is 0.287 bits per heavy atom. The van der Waals surface area contributed by atoms with Crippen molar-refractivity contribution in [3.05, 3.63) is 0 Å². The van der Waals surface area contributed by atoms with Gasteiger partial charge >= 0.3 is 0 Å². The molecule has 15 fully saturated rings. The maximum absolute atomic E-state index is 11.3. The number of aliphatic hydroxyl groups excluding tert-OH is 3. The summed E-state index contributed by atoms with van der Waals surface area (Å²) in [6, 6.07) is 3.18. The minimum Gasteiger partial charge on any atom is -0.393 e. The van der Waals surface area contributed by atoms with Crippen molar-refractivity contribution < 1.29 is 15.3 Å². The van der Waals surface area contributed by atoms with E-state index >= 15 is 0 Å². The van der Waals surface area contributed by atoms with Gasteiger partial charge in [0, 0.05) is 54.0 Å². The minimum atomic E-state index is -0.147. The minimum absolute atomic E-state index is 0.147. The second-order valence-electron chi connectivity index (χ2n) is 39.2. The van der Waals surface area contributed by atoms with Crippen LogP contribution in [0, 0.1) is 134 Å². The van der Waals surface area contributed by atoms with Crippen molar-refractivity contribution in [2.75, 3.05) is 42.3 Å². The quantitative estimate of drug-likeness (QED) is 0.111. The fraction of sp³-hybridized carbons (Fsp3) is 1.00. The first-order valence-electron chi connectivity index (χ1n) is 37.7. The van der Waals surface area contributed by atoms with Gasteiger partial charge in [-0.25, -0.2) is 0 Å². The Labute approximate surface area is 533 Å². The van der Waals surface area contributed by atoms with Crippen LogP contribution in [0.5, 0.6) is 0 Å². The average Bonchev–Trinajstić information content (AvgIpc) is 1.49. The van der Waals surface area contributed by atoms with E-state index < -0.39 is 0 Å². The van der Waals surface area contributed by atoms with Gasteiger partial charge in [-0.05, 0) is 334 Å². The third kappa shape index (κ3) is 7.72. The highest BCUT2D eigenvalue weighted by molar-refractivity contribution is 5.35. The highest BCUT2D eigenvalue weighted by Crippen LogP contribution is 2.92. The summed E-state index contributed by atoms with van der Waals surface area (Å²) in [5.74, 6) is 6.24. The molecule has 0 bridgehead atoms. The molecule has 0 aromatic carbocycles. The summed E-state index contributed by atoms with van der Waals surface area (Å²) < 4.78 is 0. The molecule has 30 atom stereocenters. The van der Waals surface area contributed by atoms with Gasteiger partial charge in [-0.1, -0.05) is 83.1 Å². The molecule has 15 saturated carbocycles. The maximum atomic E-state index is 11.3. The van der Waals surface area contributed by atoms with Gasteiger partial charge in [0.1, 0.15) is 0 Å². The van der Waals surface area contributed by atoms with Crippen LogP contribution in [0.25, 0.3) is 0 Å². The second-order valence-corrected chi connectivity index (χ2v) is 39.2. The first-order chi connectivity index (χ1) is 40.6. The fourth-order valence-electron chi connectivity index (χ4n) is 33.2. The van der Waals surface area contributed by atoms with Crippen LogP contribution in [0.1, 0.15) is 258 Å². The van der Waals surface area contributed by atoms with Crippen LogP contribution in [0.2, 0.25) is 0 Å². The molecule has 0 amide bonds. The summed E-state index contributed by atoms with van der Waals surface area (Å²) in [5, 5.41) is 55.3. The lowest BCUT2D eigenvalue weighted by Crippen LogP contribution is -2.59. The van der Waals surface area contributed by atoms with E-state index in [9.17, 15) is 15.3 Å². The molecule has 0 aromatic rings. The first-order valence-corrected chi connectivity index (χ1v) is 37.7. The maximum Gasteiger partial charge on any atom is 0.0594 e. The summed E-state index contributed by atoms with van der Waals surface area (Å²) in [6.07, 6.45) is 32.1. The van der Waals surface area contributed by atoms with Gasteiger partial charge in [-0.2, -0.15) is 0 Å². The van der Waals surface area contributed by atoms with E-state index in [0.717, 1.165) is 54.8 Å². The first kappa shape index (κ1) is 65.3. The number of fused-ring (bicyclic) bond motifs is 6. The Balaban J connectivity index is 0.000000121. The van der Waals surface area contributed by atoms with Gasteiger partial charge in [0.15, 0.2) is 0 Å². The van der Waals surface area contributed by atoms with Crippen LogP contribution in [-0.2, 0) is 0 Å². The zero-order valence-electron chi connectivity index (χ0n) is 60.2. The molecule has 9 nitrogen and oxygen atoms in total. The smallest absolute Gasteiger partial charge is 0.0594 e. The van der Waals surface area contributed by atoms with Crippen LogP contribution >= 0.6 is 0 Å². The normalized spacial score (nSPS) is 58.6. The van der Waals surface area contributed by atoms with Gasteiger partial charge in [0.2, 0.25) is 0 Å². The monoisotopic (exact) mass is 1210 g/mol. The molecule has 0 heterocycles. The van der Waals surface area contributed by atoms with E-state index in [1.54, 1.807) is 0 Å². The Morgan fingerprint density at radius 2 is 0.506 bits per heavy atom. The van der Waals surface area contributed by atoms with Crippen LogP contribution < -0.4 is 31.9 Å². The van der Waals surface area contributed by atoms with Crippen molar-refractivity contribution in [3.63, 3.8) is 0 Å². The lowest BCUT2D eigenvalue weighted by atomic mass is 9.42. The SMILES string of the molecule is CN[C@@H](C)[C@H]1[C@H](O)C[C@@]2(C)[C@@H]3CC[C@H]4C(C)(C)[C@@H](NC)CC[C@@]45C[C@@]35CC[C@]12C.CN[C@@H](C)[C@H]1[C@H](O)C[C@@]2(C)[C@@H]3CC[C@H]4C(C)(C)[C@@H](NC)CC[C@@]45C[C@@]35CC[C@]12C.CN[C@@H](C)[C@H]1[C@H](O)C[C@@]2(C)[C@@H]3CC[C@H]4C(C)(C)[C@@H](NC)CC[C@@]45C[C@@]35CC[C@]12C. The molecule has 15 aliphatic carbocycles. The van der Waals surface area contributed by atoms with E-state index in [1.165, 1.54) is 135 Å². The lowest BCUT2D eigenvalue weighted by molar-refractivity contribution is -0.144. The number of hydrogen-bond donors (Lipinski definition) is 9. The molecule has 0 aromatic heterocycles. The standard InChI is InChI=1S/3C26H46N2O/c3*1-16(27-6)21-17(29)14-24(5)19-9-8-18-22(2,3)20(28-7)10-11-25(18)15-26(19,25)13-12-23(21,24)4/h3*16-21,27-29H,8-15H2,1-7H3/t3*16-,17+,18-,19-,20-,21-,23+,24-,25+,26-/m000/s1. The van der Waals surface area contributed by atoms with E-state index in [4.69, 9.17) is 0 Å². The molecule has 9 N–H and O–H groups in total. The average molecular weight is 1210 g/mol. The second kappa shape index (κ2) is 20.3. The van der Waals surface area contributed by atoms with Crippen molar-refractivity contribution >= 4 is 0 Å². The van der Waals surface area contributed by atoms with E-state index in [1.807, 2.05) is 0 Å². The third-order valence-corrected chi connectivity index (χ3v) is 37.6. The summed E-state index contributed by atoms with van der Waals surface area (Å²) in [6.45, 7) is 37.7. The zero-order valence-corrected chi connectivity index (χ0v) is 60.2. The zero-order chi connectivity index (χ0) is 63.1. The molecule has 0 unspecified atom stereocenters. The Kier molecular flexibility index (Phi) is 15.3. The number of rotatable bonds is 9. The molecule has 15 aliphatic rings. The van der Waals surface area contributed by atoms with Gasteiger partial charge in [-0.3, -0.25) is 0 Å². The molecular formula is C78H138N6O3. The van der Waals surface area contributed by atoms with Crippen molar-refractivity contribution in [1.82, 2.24) is 31.9 Å². The van der Waals surface area contributed by atoms with Gasteiger partial charge < -0.3 is 47.2 Å². The highest BCUT2D eigenvalue weighted by Gasteiger charge is 2.86. The molecule has 0 radical (unpaired) electrons. The number of aliphatic hydroxyl groups is 3. The largest absolute Gasteiger partial charge is 0.393 e.